The van der Waals surface area contributed by atoms with Gasteiger partial charge in [-0.15, -0.1) is 0 Å². The molecule has 0 atom stereocenters. The molecule has 1 amide bonds. The van der Waals surface area contributed by atoms with Gasteiger partial charge >= 0.3 is 19.1 Å². The lowest BCUT2D eigenvalue weighted by atomic mass is 9.78. The van der Waals surface area contributed by atoms with Crippen LogP contribution < -0.4 is 10.2 Å². The summed E-state index contributed by atoms with van der Waals surface area (Å²) in [7, 11) is 1.69. The Morgan fingerprint density at radius 3 is 1.90 bits per heavy atom. The molecule has 0 spiro atoms. The molecule has 1 aromatic rings. The number of nitrogens with zero attached hydrogens (tertiary/aromatic N) is 1. The molecule has 0 N–H and O–H groups in total. The van der Waals surface area contributed by atoms with Crippen molar-refractivity contribution in [2.24, 2.45) is 0 Å². The van der Waals surface area contributed by atoms with E-state index in [2.05, 4.69) is 9.47 Å². The third kappa shape index (κ3) is 5.77. The van der Waals surface area contributed by atoms with Gasteiger partial charge in [0.15, 0.2) is 0 Å². The highest BCUT2D eigenvalue weighted by Crippen LogP contribution is 2.36. The molecule has 31 heavy (non-hydrogen) atoms. The summed E-state index contributed by atoms with van der Waals surface area (Å²) >= 11 is 0. The number of esters is 2. The topological polar surface area (TPSA) is 101 Å². The van der Waals surface area contributed by atoms with E-state index in [4.69, 9.17) is 14.0 Å². The van der Waals surface area contributed by atoms with Crippen LogP contribution >= 0.6 is 0 Å². The van der Waals surface area contributed by atoms with E-state index in [9.17, 15) is 14.4 Å². The molecule has 1 fully saturated rings. The van der Waals surface area contributed by atoms with Crippen LogP contribution in [0.25, 0.3) is 0 Å². The molecule has 0 radical (unpaired) electrons. The van der Waals surface area contributed by atoms with Crippen LogP contribution in [0.3, 0.4) is 0 Å². The second-order valence-corrected chi connectivity index (χ2v) is 8.13. The second-order valence-electron chi connectivity index (χ2n) is 8.13. The van der Waals surface area contributed by atoms with Crippen LogP contribution in [0.15, 0.2) is 18.2 Å². The van der Waals surface area contributed by atoms with Crippen molar-refractivity contribution in [2.75, 3.05) is 33.9 Å². The van der Waals surface area contributed by atoms with Gasteiger partial charge in [-0.25, -0.2) is 0 Å². The maximum Gasteiger partial charge on any atom is 0.494 e. The third-order valence-electron chi connectivity index (χ3n) is 5.39. The normalized spacial score (nSPS) is 16.5. The Hall–Kier alpha value is -2.59. The Kier molecular flexibility index (Phi) is 7.72. The van der Waals surface area contributed by atoms with Crippen molar-refractivity contribution in [1.82, 2.24) is 4.90 Å². The first-order valence-electron chi connectivity index (χ1n) is 10.0. The van der Waals surface area contributed by atoms with Crippen molar-refractivity contribution in [2.45, 2.75) is 45.8 Å². The van der Waals surface area contributed by atoms with Gasteiger partial charge in [0.25, 0.3) is 5.91 Å². The SMILES string of the molecule is CCOc1cc(B2OC(C)(C)C(C)(C)O2)cc(C(=O)N(CC(=O)OC)CC(=O)OC)c1. The maximum atomic E-state index is 13.2. The van der Waals surface area contributed by atoms with Crippen molar-refractivity contribution in [1.29, 1.82) is 0 Å². The molecule has 1 saturated heterocycles. The standard InChI is InChI=1S/C21H30BNO8/c1-8-29-16-10-14(19(26)23(12-17(24)27-6)13-18(25)28-7)9-15(11-16)22-30-20(2,3)21(4,5)31-22/h9-11H,8,12-13H2,1-7H3. The first-order valence-corrected chi connectivity index (χ1v) is 10.0. The van der Waals surface area contributed by atoms with Crippen LogP contribution in [0.2, 0.25) is 0 Å². The van der Waals surface area contributed by atoms with Crippen molar-refractivity contribution >= 4 is 30.4 Å². The molecule has 9 nitrogen and oxygen atoms in total. The molecule has 1 aliphatic rings. The molecular formula is C21H30BNO8. The van der Waals surface area contributed by atoms with Crippen LogP contribution in [0.1, 0.15) is 45.0 Å². The quantitative estimate of drug-likeness (QED) is 0.443. The summed E-state index contributed by atoms with van der Waals surface area (Å²) in [4.78, 5) is 37.8. The Balaban J connectivity index is 2.42. The van der Waals surface area contributed by atoms with E-state index in [0.29, 0.717) is 17.8 Å². The molecule has 2 rings (SSSR count). The number of hydrogen-bond donors (Lipinski definition) is 0. The minimum absolute atomic E-state index is 0.212. The number of amides is 1. The average Bonchev–Trinajstić information content (AvgIpc) is 2.93. The summed E-state index contributed by atoms with van der Waals surface area (Å²) in [6.07, 6.45) is 0. The lowest BCUT2D eigenvalue weighted by Crippen LogP contribution is -2.41. The second kappa shape index (κ2) is 9.70. The molecule has 170 valence electrons. The van der Waals surface area contributed by atoms with Crippen LogP contribution in [0.5, 0.6) is 5.75 Å². The third-order valence-corrected chi connectivity index (χ3v) is 5.39. The molecule has 1 heterocycles. The molecule has 1 aromatic carbocycles. The molecule has 10 heteroatoms. The molecule has 0 unspecified atom stereocenters. The van der Waals surface area contributed by atoms with Crippen LogP contribution in [-0.2, 0) is 28.4 Å². The lowest BCUT2D eigenvalue weighted by Gasteiger charge is -2.32. The van der Waals surface area contributed by atoms with Crippen molar-refractivity contribution in [3.8, 4) is 5.75 Å². The largest absolute Gasteiger partial charge is 0.494 e. The highest BCUT2D eigenvalue weighted by atomic mass is 16.7. The van der Waals surface area contributed by atoms with Crippen LogP contribution in [0.4, 0.5) is 0 Å². The van der Waals surface area contributed by atoms with E-state index in [1.54, 1.807) is 18.2 Å². The number of ether oxygens (including phenoxy) is 3. The lowest BCUT2D eigenvalue weighted by molar-refractivity contribution is -0.144. The van der Waals surface area contributed by atoms with Gasteiger partial charge in [0.05, 0.1) is 32.0 Å². The Morgan fingerprint density at radius 2 is 1.45 bits per heavy atom. The van der Waals surface area contributed by atoms with Gasteiger partial charge < -0.3 is 28.4 Å². The fraction of sp³-hybridized carbons (Fsp3) is 0.571. The molecule has 0 bridgehead atoms. The predicted molar refractivity (Wildman–Crippen MR) is 113 cm³/mol. The smallest absolute Gasteiger partial charge is 0.494 e. The zero-order valence-electron chi connectivity index (χ0n) is 19.1. The fourth-order valence-corrected chi connectivity index (χ4v) is 2.93. The van der Waals surface area contributed by atoms with Gasteiger partial charge in [-0.2, -0.15) is 0 Å². The summed E-state index contributed by atoms with van der Waals surface area (Å²) in [5.41, 5.74) is -0.330. The Morgan fingerprint density at radius 1 is 0.935 bits per heavy atom. The Labute approximate surface area is 183 Å². The van der Waals surface area contributed by atoms with E-state index < -0.39 is 49.3 Å². The number of hydrogen-bond acceptors (Lipinski definition) is 8. The molecule has 0 saturated carbocycles. The van der Waals surface area contributed by atoms with Gasteiger partial charge in [-0.1, -0.05) is 0 Å². The van der Waals surface area contributed by atoms with E-state index in [1.807, 2.05) is 34.6 Å². The molecule has 0 aromatic heterocycles. The summed E-state index contributed by atoms with van der Waals surface area (Å²) in [5.74, 6) is -1.45. The first-order chi connectivity index (χ1) is 14.4. The first kappa shape index (κ1) is 24.7. The highest BCUT2D eigenvalue weighted by molar-refractivity contribution is 6.62. The highest BCUT2D eigenvalue weighted by Gasteiger charge is 2.52. The minimum atomic E-state index is -0.716. The molecule has 0 aliphatic carbocycles. The van der Waals surface area contributed by atoms with E-state index in [1.165, 1.54) is 14.2 Å². The maximum absolute atomic E-state index is 13.2. The molecule has 1 aliphatic heterocycles. The van der Waals surface area contributed by atoms with Crippen molar-refractivity contribution < 1.29 is 37.9 Å². The Bertz CT molecular complexity index is 805. The summed E-state index contributed by atoms with van der Waals surface area (Å²) in [5, 5.41) is 0. The summed E-state index contributed by atoms with van der Waals surface area (Å²) in [6.45, 7) is 9.11. The fourth-order valence-electron chi connectivity index (χ4n) is 2.93. The van der Waals surface area contributed by atoms with Crippen LogP contribution in [-0.4, -0.2) is 75.0 Å². The summed E-state index contributed by atoms with van der Waals surface area (Å²) < 4.78 is 27.1. The van der Waals surface area contributed by atoms with E-state index in [0.717, 1.165) is 4.90 Å². The number of carbonyl (C=O) groups is 3. The minimum Gasteiger partial charge on any atom is -0.494 e. The zero-order chi connectivity index (χ0) is 23.4. The van der Waals surface area contributed by atoms with Gasteiger partial charge in [-0.3, -0.25) is 14.4 Å². The van der Waals surface area contributed by atoms with Gasteiger partial charge in [0.1, 0.15) is 18.8 Å². The zero-order valence-corrected chi connectivity index (χ0v) is 19.1. The number of benzene rings is 1. The number of carbonyl (C=O) groups excluding carboxylic acids is 3. The predicted octanol–water partition coefficient (Wildman–Crippen LogP) is 1.17. The van der Waals surface area contributed by atoms with E-state index >= 15 is 0 Å². The van der Waals surface area contributed by atoms with E-state index in [-0.39, 0.29) is 5.56 Å². The van der Waals surface area contributed by atoms with Crippen molar-refractivity contribution in [3.05, 3.63) is 23.8 Å². The summed E-state index contributed by atoms with van der Waals surface area (Å²) in [6, 6.07) is 4.89. The monoisotopic (exact) mass is 435 g/mol. The molecular weight excluding hydrogens is 405 g/mol. The number of methoxy groups -OCH3 is 2. The van der Waals surface area contributed by atoms with Crippen LogP contribution in [0, 0.1) is 0 Å². The van der Waals surface area contributed by atoms with Crippen molar-refractivity contribution in [3.63, 3.8) is 0 Å². The average molecular weight is 435 g/mol. The number of rotatable bonds is 8. The van der Waals surface area contributed by atoms with Gasteiger partial charge in [0.2, 0.25) is 0 Å². The van der Waals surface area contributed by atoms with Gasteiger partial charge in [-0.05, 0) is 58.3 Å². The van der Waals surface area contributed by atoms with Gasteiger partial charge in [0, 0.05) is 5.56 Å².